The average Bonchev–Trinajstić information content (AvgIpc) is 2.73. The Bertz CT molecular complexity index is 450. The number of halogens is 1. The molecule has 0 aliphatic heterocycles. The van der Waals surface area contributed by atoms with Gasteiger partial charge in [0, 0.05) is 12.7 Å². The van der Waals surface area contributed by atoms with Gasteiger partial charge in [-0.05, 0) is 52.8 Å². The molecule has 2 rings (SSSR count). The van der Waals surface area contributed by atoms with Crippen molar-refractivity contribution in [2.45, 2.75) is 13.0 Å². The number of nitrogens with zero attached hydrogens (tertiary/aromatic N) is 2. The zero-order valence-corrected chi connectivity index (χ0v) is 11.2. The maximum Gasteiger partial charge on any atom is 0.123 e. The number of aromatic nitrogens is 2. The summed E-state index contributed by atoms with van der Waals surface area (Å²) >= 11 is 2.22. The minimum Gasteiger partial charge on any atom is -0.497 e. The summed E-state index contributed by atoms with van der Waals surface area (Å²) in [4.78, 5) is 0. The molecule has 3 nitrogen and oxygen atoms in total. The van der Waals surface area contributed by atoms with E-state index >= 15 is 0 Å². The molecule has 1 heterocycles. The van der Waals surface area contributed by atoms with E-state index in [-0.39, 0.29) is 0 Å². The van der Waals surface area contributed by atoms with Crippen LogP contribution in [0.5, 0.6) is 5.75 Å². The number of methoxy groups -OCH3 is 1. The second-order valence-corrected chi connectivity index (χ2v) is 4.60. The van der Waals surface area contributed by atoms with Crippen LogP contribution in [0.15, 0.2) is 36.5 Å². The van der Waals surface area contributed by atoms with Gasteiger partial charge in [-0.1, -0.05) is 12.1 Å². The van der Waals surface area contributed by atoms with E-state index in [0.717, 1.165) is 22.4 Å². The third kappa shape index (κ3) is 2.98. The summed E-state index contributed by atoms with van der Waals surface area (Å²) in [7, 11) is 1.68. The van der Waals surface area contributed by atoms with Crippen molar-refractivity contribution in [3.8, 4) is 5.75 Å². The summed E-state index contributed by atoms with van der Waals surface area (Å²) in [5.74, 6) is 0.900. The zero-order chi connectivity index (χ0) is 11.4. The molecule has 0 fully saturated rings. The summed E-state index contributed by atoms with van der Waals surface area (Å²) in [6.45, 7) is 0.912. The van der Waals surface area contributed by atoms with Gasteiger partial charge in [-0.2, -0.15) is 5.10 Å². The van der Waals surface area contributed by atoms with E-state index in [0.29, 0.717) is 0 Å². The van der Waals surface area contributed by atoms with Gasteiger partial charge in [0.15, 0.2) is 0 Å². The normalized spacial score (nSPS) is 10.4. The molecule has 84 valence electrons. The van der Waals surface area contributed by atoms with E-state index in [1.165, 1.54) is 5.56 Å². The molecule has 1 aromatic heterocycles. The van der Waals surface area contributed by atoms with Gasteiger partial charge in [-0.15, -0.1) is 0 Å². The van der Waals surface area contributed by atoms with Crippen LogP contribution in [0.2, 0.25) is 0 Å². The van der Waals surface area contributed by atoms with Crippen molar-refractivity contribution < 1.29 is 4.74 Å². The molecule has 0 bridgehead atoms. The maximum absolute atomic E-state index is 5.12. The molecule has 0 saturated heterocycles. The third-order valence-corrected chi connectivity index (χ3v) is 2.97. The van der Waals surface area contributed by atoms with Gasteiger partial charge in [0.25, 0.3) is 0 Å². The summed E-state index contributed by atoms with van der Waals surface area (Å²) in [6, 6.07) is 10.2. The topological polar surface area (TPSA) is 27.1 Å². The molecular weight excluding hydrogens is 315 g/mol. The predicted molar refractivity (Wildman–Crippen MR) is 71.6 cm³/mol. The fourth-order valence-electron chi connectivity index (χ4n) is 1.50. The highest BCUT2D eigenvalue weighted by Gasteiger charge is 1.97. The van der Waals surface area contributed by atoms with Gasteiger partial charge in [-0.25, -0.2) is 0 Å². The fourth-order valence-corrected chi connectivity index (χ4v) is 1.94. The van der Waals surface area contributed by atoms with Gasteiger partial charge in [-0.3, -0.25) is 4.68 Å². The average molecular weight is 328 g/mol. The Kier molecular flexibility index (Phi) is 3.82. The molecule has 0 aliphatic rings. The van der Waals surface area contributed by atoms with Crippen LogP contribution in [-0.2, 0) is 13.0 Å². The van der Waals surface area contributed by atoms with E-state index in [1.807, 2.05) is 29.1 Å². The molecule has 0 amide bonds. The lowest BCUT2D eigenvalue weighted by molar-refractivity contribution is 0.414. The minimum atomic E-state index is 0.900. The molecule has 0 unspecified atom stereocenters. The standard InChI is InChI=1S/C12H13IN2O/c1-16-11-4-2-10(3-5-11)6-8-15-9-7-12(13)14-15/h2-5,7,9H,6,8H2,1H3. The zero-order valence-electron chi connectivity index (χ0n) is 9.06. The minimum absolute atomic E-state index is 0.900. The van der Waals surface area contributed by atoms with Crippen LogP contribution in [0.1, 0.15) is 5.56 Å². The van der Waals surface area contributed by atoms with E-state index in [9.17, 15) is 0 Å². The van der Waals surface area contributed by atoms with Crippen LogP contribution >= 0.6 is 22.6 Å². The SMILES string of the molecule is COc1ccc(CCn2ccc(I)n2)cc1. The highest BCUT2D eigenvalue weighted by Crippen LogP contribution is 2.12. The molecular formula is C12H13IN2O. The summed E-state index contributed by atoms with van der Waals surface area (Å²) < 4.78 is 8.12. The third-order valence-electron chi connectivity index (χ3n) is 2.40. The quantitative estimate of drug-likeness (QED) is 0.807. The molecule has 0 spiro atoms. The maximum atomic E-state index is 5.12. The van der Waals surface area contributed by atoms with Crippen LogP contribution in [0.25, 0.3) is 0 Å². The van der Waals surface area contributed by atoms with Crippen LogP contribution in [0.3, 0.4) is 0 Å². The Morgan fingerprint density at radius 2 is 2.00 bits per heavy atom. The van der Waals surface area contributed by atoms with Crippen LogP contribution in [0, 0.1) is 3.70 Å². The molecule has 1 aromatic carbocycles. The lowest BCUT2D eigenvalue weighted by atomic mass is 10.1. The Morgan fingerprint density at radius 3 is 2.56 bits per heavy atom. The van der Waals surface area contributed by atoms with E-state index in [4.69, 9.17) is 4.74 Å². The van der Waals surface area contributed by atoms with Crippen molar-refractivity contribution >= 4 is 22.6 Å². The second-order valence-electron chi connectivity index (χ2n) is 3.50. The number of rotatable bonds is 4. The number of hydrogen-bond donors (Lipinski definition) is 0. The number of ether oxygens (including phenoxy) is 1. The van der Waals surface area contributed by atoms with Gasteiger partial charge in [0.2, 0.25) is 0 Å². The highest BCUT2D eigenvalue weighted by molar-refractivity contribution is 14.1. The largest absolute Gasteiger partial charge is 0.497 e. The number of benzene rings is 1. The first-order chi connectivity index (χ1) is 7.78. The Morgan fingerprint density at radius 1 is 1.25 bits per heavy atom. The summed E-state index contributed by atoms with van der Waals surface area (Å²) in [5, 5.41) is 4.34. The van der Waals surface area contributed by atoms with Gasteiger partial charge in [0.1, 0.15) is 9.45 Å². The van der Waals surface area contributed by atoms with Crippen molar-refractivity contribution in [2.24, 2.45) is 0 Å². The van der Waals surface area contributed by atoms with Crippen LogP contribution in [-0.4, -0.2) is 16.9 Å². The Balaban J connectivity index is 1.94. The molecule has 0 aliphatic carbocycles. The van der Waals surface area contributed by atoms with E-state index < -0.39 is 0 Å². The summed E-state index contributed by atoms with van der Waals surface area (Å²) in [5.41, 5.74) is 1.30. The van der Waals surface area contributed by atoms with Crippen molar-refractivity contribution in [1.29, 1.82) is 0 Å². The molecule has 0 N–H and O–H groups in total. The molecule has 2 aromatic rings. The molecule has 4 heteroatoms. The van der Waals surface area contributed by atoms with Crippen molar-refractivity contribution in [1.82, 2.24) is 9.78 Å². The highest BCUT2D eigenvalue weighted by atomic mass is 127. The fraction of sp³-hybridized carbons (Fsp3) is 0.250. The molecule has 0 radical (unpaired) electrons. The van der Waals surface area contributed by atoms with Gasteiger partial charge >= 0.3 is 0 Å². The van der Waals surface area contributed by atoms with Gasteiger partial charge in [0.05, 0.1) is 7.11 Å². The van der Waals surface area contributed by atoms with Crippen LogP contribution in [0.4, 0.5) is 0 Å². The van der Waals surface area contributed by atoms with Gasteiger partial charge < -0.3 is 4.74 Å². The first-order valence-electron chi connectivity index (χ1n) is 5.10. The first kappa shape index (κ1) is 11.4. The predicted octanol–water partition coefficient (Wildman–Crippen LogP) is 2.74. The summed E-state index contributed by atoms with van der Waals surface area (Å²) in [6.07, 6.45) is 2.99. The van der Waals surface area contributed by atoms with E-state index in [2.05, 4.69) is 39.8 Å². The molecule has 0 atom stereocenters. The van der Waals surface area contributed by atoms with Crippen LogP contribution < -0.4 is 4.74 Å². The smallest absolute Gasteiger partial charge is 0.123 e. The van der Waals surface area contributed by atoms with E-state index in [1.54, 1.807) is 7.11 Å². The first-order valence-corrected chi connectivity index (χ1v) is 6.18. The second kappa shape index (κ2) is 5.34. The number of hydrogen-bond acceptors (Lipinski definition) is 2. The van der Waals surface area contributed by atoms with Crippen molar-refractivity contribution in [3.05, 3.63) is 45.8 Å². The number of aryl methyl sites for hydroxylation is 2. The van der Waals surface area contributed by atoms with Crippen molar-refractivity contribution in [3.63, 3.8) is 0 Å². The lowest BCUT2D eigenvalue weighted by Gasteiger charge is -2.03. The monoisotopic (exact) mass is 328 g/mol. The Hall–Kier alpha value is -1.04. The Labute approximate surface area is 109 Å². The molecule has 16 heavy (non-hydrogen) atoms. The molecule has 0 saturated carbocycles. The van der Waals surface area contributed by atoms with Crippen molar-refractivity contribution in [2.75, 3.05) is 7.11 Å². The lowest BCUT2D eigenvalue weighted by Crippen LogP contribution is -2.02.